The molecule has 0 radical (unpaired) electrons. The van der Waals surface area contributed by atoms with Crippen LogP contribution in [0.3, 0.4) is 0 Å². The first-order valence-electron chi connectivity index (χ1n) is 11.8. The fourth-order valence-corrected chi connectivity index (χ4v) is 2.73. The maximum absolute atomic E-state index is 11.6. The number of unbranched alkanes of at least 4 members (excludes halogenated alkanes) is 8. The van der Waals surface area contributed by atoms with Gasteiger partial charge in [-0.15, -0.1) is 0 Å². The van der Waals surface area contributed by atoms with Crippen molar-refractivity contribution in [2.75, 3.05) is 59.5 Å². The summed E-state index contributed by atoms with van der Waals surface area (Å²) >= 11 is 0. The van der Waals surface area contributed by atoms with Crippen LogP contribution in [-0.2, 0) is 28.5 Å². The van der Waals surface area contributed by atoms with Gasteiger partial charge in [0.15, 0.2) is 0 Å². The Labute approximate surface area is 178 Å². The highest BCUT2D eigenvalue weighted by Gasteiger charge is 2.02. The molecule has 0 fully saturated rings. The smallest absolute Gasteiger partial charge is 0.305 e. The molecule has 0 rings (SSSR count). The summed E-state index contributed by atoms with van der Waals surface area (Å²) in [7, 11) is 0. The molecule has 0 saturated heterocycles. The van der Waals surface area contributed by atoms with E-state index in [1.165, 1.54) is 44.9 Å². The highest BCUT2D eigenvalue weighted by molar-refractivity contribution is 5.69. The van der Waals surface area contributed by atoms with Crippen LogP contribution in [0.2, 0.25) is 0 Å². The van der Waals surface area contributed by atoms with Crippen LogP contribution in [0.5, 0.6) is 0 Å². The predicted molar refractivity (Wildman–Crippen MR) is 116 cm³/mol. The molecule has 0 N–H and O–H groups in total. The molecule has 6 heteroatoms. The quantitative estimate of drug-likeness (QED) is 0.164. The molecule has 0 aliphatic heterocycles. The minimum absolute atomic E-state index is 0.123. The molecule has 0 aromatic rings. The lowest BCUT2D eigenvalue weighted by Crippen LogP contribution is -2.14. The number of hydrogen-bond donors (Lipinski definition) is 0. The summed E-state index contributed by atoms with van der Waals surface area (Å²) in [6.45, 7) is 9.35. The zero-order chi connectivity index (χ0) is 21.3. The van der Waals surface area contributed by atoms with Crippen LogP contribution in [-0.4, -0.2) is 65.4 Å². The van der Waals surface area contributed by atoms with Crippen LogP contribution in [0.25, 0.3) is 0 Å². The molecule has 0 atom stereocenters. The molecular weight excluding hydrogens is 372 g/mol. The van der Waals surface area contributed by atoms with Crippen molar-refractivity contribution in [1.82, 2.24) is 0 Å². The van der Waals surface area contributed by atoms with Gasteiger partial charge < -0.3 is 23.7 Å². The van der Waals surface area contributed by atoms with E-state index >= 15 is 0 Å². The van der Waals surface area contributed by atoms with E-state index in [9.17, 15) is 4.79 Å². The second kappa shape index (κ2) is 25.3. The first-order valence-corrected chi connectivity index (χ1v) is 11.8. The van der Waals surface area contributed by atoms with Crippen molar-refractivity contribution in [3.63, 3.8) is 0 Å². The lowest BCUT2D eigenvalue weighted by Gasteiger charge is -2.08. The van der Waals surface area contributed by atoms with Crippen LogP contribution in [0.1, 0.15) is 84.5 Å². The molecule has 0 bridgehead atoms. The molecule has 0 spiro atoms. The second-order valence-corrected chi connectivity index (χ2v) is 7.25. The summed E-state index contributed by atoms with van der Waals surface area (Å²) in [5.41, 5.74) is 0. The molecule has 6 nitrogen and oxygen atoms in total. The van der Waals surface area contributed by atoms with Crippen molar-refractivity contribution >= 4 is 5.97 Å². The lowest BCUT2D eigenvalue weighted by atomic mass is 10.1. The Hall–Kier alpha value is -0.690. The molecule has 174 valence electrons. The highest BCUT2D eigenvalue weighted by Crippen LogP contribution is 2.07. The van der Waals surface area contributed by atoms with E-state index in [2.05, 4.69) is 13.8 Å². The van der Waals surface area contributed by atoms with Crippen molar-refractivity contribution in [3.8, 4) is 0 Å². The minimum atomic E-state index is -0.123. The van der Waals surface area contributed by atoms with Gasteiger partial charge in [-0.05, 0) is 12.8 Å². The Kier molecular flexibility index (Phi) is 24.7. The standard InChI is InChI=1S/C23H46O6/c1-3-5-7-9-10-11-13-23(24)29-22-21-28-20-19-27-18-17-26-16-15-25-14-12-8-6-4-2/h3-22H2,1-2H3. The lowest BCUT2D eigenvalue weighted by molar-refractivity contribution is -0.145. The monoisotopic (exact) mass is 418 g/mol. The summed E-state index contributed by atoms with van der Waals surface area (Å²) in [5.74, 6) is -0.123. The van der Waals surface area contributed by atoms with Crippen molar-refractivity contribution < 1.29 is 28.5 Å². The third kappa shape index (κ3) is 25.3. The van der Waals surface area contributed by atoms with Gasteiger partial charge in [0.2, 0.25) is 0 Å². The zero-order valence-corrected chi connectivity index (χ0v) is 19.1. The Morgan fingerprint density at radius 3 is 1.45 bits per heavy atom. The van der Waals surface area contributed by atoms with Gasteiger partial charge in [-0.2, -0.15) is 0 Å². The Morgan fingerprint density at radius 1 is 0.483 bits per heavy atom. The van der Waals surface area contributed by atoms with Gasteiger partial charge in [0, 0.05) is 13.0 Å². The number of carbonyl (C=O) groups excluding carboxylic acids is 1. The summed E-state index contributed by atoms with van der Waals surface area (Å²) < 4.78 is 26.9. The number of hydrogen-bond acceptors (Lipinski definition) is 6. The van der Waals surface area contributed by atoms with E-state index in [0.717, 1.165) is 25.9 Å². The molecule has 0 aliphatic rings. The van der Waals surface area contributed by atoms with Crippen molar-refractivity contribution in [3.05, 3.63) is 0 Å². The molecule has 29 heavy (non-hydrogen) atoms. The third-order valence-corrected chi connectivity index (χ3v) is 4.48. The number of esters is 1. The molecule has 0 aromatic carbocycles. The van der Waals surface area contributed by atoms with Crippen molar-refractivity contribution in [1.29, 1.82) is 0 Å². The average molecular weight is 419 g/mol. The van der Waals surface area contributed by atoms with E-state index in [1.54, 1.807) is 0 Å². The van der Waals surface area contributed by atoms with Crippen LogP contribution in [0.15, 0.2) is 0 Å². The number of ether oxygens (including phenoxy) is 5. The average Bonchev–Trinajstić information content (AvgIpc) is 2.73. The van der Waals surface area contributed by atoms with Gasteiger partial charge in [0.1, 0.15) is 6.61 Å². The normalized spacial score (nSPS) is 11.1. The number of rotatable bonds is 24. The minimum Gasteiger partial charge on any atom is -0.463 e. The van der Waals surface area contributed by atoms with Crippen molar-refractivity contribution in [2.45, 2.75) is 84.5 Å². The van der Waals surface area contributed by atoms with Crippen LogP contribution in [0, 0.1) is 0 Å². The van der Waals surface area contributed by atoms with Gasteiger partial charge in [0.25, 0.3) is 0 Å². The SMILES string of the molecule is CCCCCCCCC(=O)OCCOCCOCCOCCOCCCCCC. The van der Waals surface area contributed by atoms with E-state index in [1.807, 2.05) is 0 Å². The Bertz CT molecular complexity index is 324. The molecule has 0 heterocycles. The first kappa shape index (κ1) is 28.3. The molecular formula is C23H46O6. The van der Waals surface area contributed by atoms with Crippen LogP contribution in [0.4, 0.5) is 0 Å². The maximum atomic E-state index is 11.6. The van der Waals surface area contributed by atoms with Crippen molar-refractivity contribution in [2.24, 2.45) is 0 Å². The van der Waals surface area contributed by atoms with Gasteiger partial charge in [0.05, 0.1) is 46.2 Å². The summed E-state index contributed by atoms with van der Waals surface area (Å²) in [6, 6.07) is 0. The fraction of sp³-hybridized carbons (Fsp3) is 0.957. The van der Waals surface area contributed by atoms with Gasteiger partial charge in [-0.3, -0.25) is 4.79 Å². The fourth-order valence-electron chi connectivity index (χ4n) is 2.73. The maximum Gasteiger partial charge on any atom is 0.305 e. The third-order valence-electron chi connectivity index (χ3n) is 4.48. The van der Waals surface area contributed by atoms with Gasteiger partial charge in [-0.25, -0.2) is 0 Å². The predicted octanol–water partition coefficient (Wildman–Crippen LogP) is 4.93. The van der Waals surface area contributed by atoms with Crippen LogP contribution < -0.4 is 0 Å². The molecule has 0 aromatic heterocycles. The second-order valence-electron chi connectivity index (χ2n) is 7.25. The highest BCUT2D eigenvalue weighted by atomic mass is 16.6. The van der Waals surface area contributed by atoms with E-state index in [4.69, 9.17) is 23.7 Å². The van der Waals surface area contributed by atoms with Crippen LogP contribution >= 0.6 is 0 Å². The molecule has 0 amide bonds. The number of carbonyl (C=O) groups is 1. The topological polar surface area (TPSA) is 63.2 Å². The largest absolute Gasteiger partial charge is 0.463 e. The summed E-state index contributed by atoms with van der Waals surface area (Å²) in [6.07, 6.45) is 12.5. The summed E-state index contributed by atoms with van der Waals surface area (Å²) in [4.78, 5) is 11.6. The molecule has 0 unspecified atom stereocenters. The van der Waals surface area contributed by atoms with E-state index < -0.39 is 0 Å². The van der Waals surface area contributed by atoms with Gasteiger partial charge >= 0.3 is 5.97 Å². The molecule has 0 aliphatic carbocycles. The first-order chi connectivity index (χ1) is 14.3. The zero-order valence-electron chi connectivity index (χ0n) is 19.1. The van der Waals surface area contributed by atoms with Gasteiger partial charge in [-0.1, -0.05) is 65.2 Å². The summed E-state index contributed by atoms with van der Waals surface area (Å²) in [5, 5.41) is 0. The molecule has 0 saturated carbocycles. The Morgan fingerprint density at radius 2 is 0.897 bits per heavy atom. The Balaban J connectivity index is 3.10. The van der Waals surface area contributed by atoms with E-state index in [0.29, 0.717) is 59.3 Å². The van der Waals surface area contributed by atoms with E-state index in [-0.39, 0.29) is 5.97 Å².